The summed E-state index contributed by atoms with van der Waals surface area (Å²) < 4.78 is 6.87. The molecular formula is C22H25ClN6O4. The fourth-order valence-electron chi connectivity index (χ4n) is 3.75. The number of pyridine rings is 1. The highest BCUT2D eigenvalue weighted by Gasteiger charge is 2.16. The maximum atomic E-state index is 12.6. The number of hydrogen-bond acceptors (Lipinski definition) is 8. The molecule has 3 heterocycles. The predicted molar refractivity (Wildman–Crippen MR) is 126 cm³/mol. The van der Waals surface area contributed by atoms with E-state index in [4.69, 9.17) is 16.3 Å². The largest absolute Gasteiger partial charge is 0.478 e. The molecule has 0 saturated carbocycles. The zero-order valence-corrected chi connectivity index (χ0v) is 19.2. The molecule has 3 aromatic rings. The fourth-order valence-corrected chi connectivity index (χ4v) is 3.89. The van der Waals surface area contributed by atoms with Crippen LogP contribution < -0.4 is 26.0 Å². The summed E-state index contributed by atoms with van der Waals surface area (Å²) in [7, 11) is 2.97. The van der Waals surface area contributed by atoms with E-state index in [1.165, 1.54) is 18.1 Å². The van der Waals surface area contributed by atoms with Crippen molar-refractivity contribution in [2.45, 2.75) is 19.3 Å². The Morgan fingerprint density at radius 1 is 1.21 bits per heavy atom. The van der Waals surface area contributed by atoms with E-state index in [1.54, 1.807) is 19.3 Å². The Balaban J connectivity index is 1.60. The number of rotatable bonds is 7. The lowest BCUT2D eigenvalue weighted by Gasteiger charge is -2.26. The molecule has 0 radical (unpaired) electrons. The van der Waals surface area contributed by atoms with Crippen LogP contribution in [0.15, 0.2) is 35.3 Å². The molecule has 1 fully saturated rings. The SMILES string of the molecule is CONC(=O)COc1cc2cc(Nc3nc(N4CCCCC4)ncc3Cl)ccc2n(C)c1=O. The Hall–Kier alpha value is -3.37. The number of halogens is 1. The second-order valence-electron chi connectivity index (χ2n) is 7.70. The van der Waals surface area contributed by atoms with Crippen LogP contribution in [0.2, 0.25) is 5.02 Å². The highest BCUT2D eigenvalue weighted by atomic mass is 35.5. The van der Waals surface area contributed by atoms with Gasteiger partial charge in [0.15, 0.2) is 18.2 Å². The number of piperidine rings is 1. The van der Waals surface area contributed by atoms with E-state index in [0.717, 1.165) is 37.0 Å². The molecule has 1 saturated heterocycles. The van der Waals surface area contributed by atoms with E-state index in [0.29, 0.717) is 22.3 Å². The van der Waals surface area contributed by atoms with E-state index >= 15 is 0 Å². The first kappa shape index (κ1) is 22.8. The minimum atomic E-state index is -0.502. The van der Waals surface area contributed by atoms with Gasteiger partial charge >= 0.3 is 0 Å². The van der Waals surface area contributed by atoms with Gasteiger partial charge in [0, 0.05) is 31.2 Å². The number of nitrogens with one attached hydrogen (secondary N) is 2. The molecule has 174 valence electrons. The van der Waals surface area contributed by atoms with Crippen LogP contribution in [0.4, 0.5) is 17.5 Å². The molecule has 0 spiro atoms. The summed E-state index contributed by atoms with van der Waals surface area (Å²) >= 11 is 6.35. The number of amides is 1. The molecule has 0 atom stereocenters. The van der Waals surface area contributed by atoms with E-state index < -0.39 is 5.91 Å². The maximum Gasteiger partial charge on any atom is 0.293 e. The van der Waals surface area contributed by atoms with Crippen molar-refractivity contribution in [1.82, 2.24) is 20.0 Å². The van der Waals surface area contributed by atoms with Gasteiger partial charge in [-0.2, -0.15) is 4.98 Å². The normalized spacial score (nSPS) is 13.7. The third kappa shape index (κ3) is 5.18. The van der Waals surface area contributed by atoms with Crippen LogP contribution in [0.3, 0.4) is 0 Å². The second-order valence-corrected chi connectivity index (χ2v) is 8.11. The van der Waals surface area contributed by atoms with Crippen LogP contribution >= 0.6 is 11.6 Å². The molecule has 10 nitrogen and oxygen atoms in total. The number of nitrogens with zero attached hydrogens (tertiary/aromatic N) is 4. The topological polar surface area (TPSA) is 111 Å². The molecule has 0 unspecified atom stereocenters. The Labute approximate surface area is 195 Å². The molecule has 33 heavy (non-hydrogen) atoms. The molecular weight excluding hydrogens is 448 g/mol. The van der Waals surface area contributed by atoms with Gasteiger partial charge in [-0.25, -0.2) is 10.5 Å². The number of aromatic nitrogens is 3. The number of aryl methyl sites for hydroxylation is 1. The van der Waals surface area contributed by atoms with Gasteiger partial charge in [0.2, 0.25) is 5.95 Å². The number of carbonyl (C=O) groups excluding carboxylic acids is 1. The second kappa shape index (κ2) is 10.1. The average Bonchev–Trinajstić information content (AvgIpc) is 2.82. The third-order valence-electron chi connectivity index (χ3n) is 5.40. The lowest BCUT2D eigenvalue weighted by atomic mass is 10.1. The molecule has 1 aliphatic rings. The van der Waals surface area contributed by atoms with Crippen LogP contribution in [0.1, 0.15) is 19.3 Å². The Morgan fingerprint density at radius 3 is 2.76 bits per heavy atom. The summed E-state index contributed by atoms with van der Waals surface area (Å²) in [6, 6.07) is 7.12. The number of carbonyl (C=O) groups is 1. The van der Waals surface area contributed by atoms with E-state index in [-0.39, 0.29) is 17.9 Å². The maximum absolute atomic E-state index is 12.6. The number of anilines is 3. The molecule has 1 aliphatic heterocycles. The van der Waals surface area contributed by atoms with Crippen molar-refractivity contribution in [3.05, 3.63) is 45.8 Å². The summed E-state index contributed by atoms with van der Waals surface area (Å²) in [5.41, 5.74) is 3.24. The first-order valence-corrected chi connectivity index (χ1v) is 11.0. The number of fused-ring (bicyclic) bond motifs is 1. The van der Waals surface area contributed by atoms with E-state index in [1.807, 2.05) is 18.2 Å². The predicted octanol–water partition coefficient (Wildman–Crippen LogP) is 2.77. The zero-order chi connectivity index (χ0) is 23.4. The van der Waals surface area contributed by atoms with Crippen molar-refractivity contribution in [1.29, 1.82) is 0 Å². The van der Waals surface area contributed by atoms with E-state index in [2.05, 4.69) is 30.5 Å². The average molecular weight is 473 g/mol. The highest BCUT2D eigenvalue weighted by Crippen LogP contribution is 2.28. The number of hydrogen-bond donors (Lipinski definition) is 2. The third-order valence-corrected chi connectivity index (χ3v) is 5.68. The van der Waals surface area contributed by atoms with Crippen molar-refractivity contribution in [2.75, 3.05) is 37.0 Å². The Morgan fingerprint density at radius 2 is 2.00 bits per heavy atom. The van der Waals surface area contributed by atoms with Gasteiger partial charge in [-0.05, 0) is 43.5 Å². The van der Waals surface area contributed by atoms with Gasteiger partial charge < -0.3 is 19.5 Å². The molecule has 1 aromatic carbocycles. The first-order valence-electron chi connectivity index (χ1n) is 10.6. The Bertz CT molecular complexity index is 1230. The van der Waals surface area contributed by atoms with Crippen LogP contribution in [0.25, 0.3) is 10.9 Å². The summed E-state index contributed by atoms with van der Waals surface area (Å²) in [6.07, 6.45) is 5.06. The number of ether oxygens (including phenoxy) is 1. The molecule has 0 bridgehead atoms. The van der Waals surface area contributed by atoms with Gasteiger partial charge in [0.1, 0.15) is 5.02 Å². The minimum absolute atomic E-state index is 0.0563. The molecule has 2 N–H and O–H groups in total. The quantitative estimate of drug-likeness (QED) is 0.505. The van der Waals surface area contributed by atoms with Crippen molar-refractivity contribution < 1.29 is 14.4 Å². The van der Waals surface area contributed by atoms with Crippen LogP contribution in [-0.2, 0) is 16.7 Å². The molecule has 1 amide bonds. The molecule has 0 aliphatic carbocycles. The molecule has 2 aromatic heterocycles. The lowest BCUT2D eigenvalue weighted by molar-refractivity contribution is -0.133. The number of hydroxylamine groups is 1. The smallest absolute Gasteiger partial charge is 0.293 e. The Kier molecular flexibility index (Phi) is 6.95. The summed E-state index contributed by atoms with van der Waals surface area (Å²) in [5, 5.41) is 4.39. The van der Waals surface area contributed by atoms with Crippen molar-refractivity contribution in [3.8, 4) is 5.75 Å². The zero-order valence-electron chi connectivity index (χ0n) is 18.4. The number of benzene rings is 1. The van der Waals surface area contributed by atoms with Crippen molar-refractivity contribution in [3.63, 3.8) is 0 Å². The van der Waals surface area contributed by atoms with E-state index in [9.17, 15) is 9.59 Å². The van der Waals surface area contributed by atoms with Gasteiger partial charge in [0.25, 0.3) is 11.5 Å². The summed E-state index contributed by atoms with van der Waals surface area (Å²) in [4.78, 5) is 39.9. The van der Waals surface area contributed by atoms with Crippen molar-refractivity contribution in [2.24, 2.45) is 7.05 Å². The summed E-state index contributed by atoms with van der Waals surface area (Å²) in [5.74, 6) is 0.706. The van der Waals surface area contributed by atoms with Crippen molar-refractivity contribution >= 4 is 45.9 Å². The monoisotopic (exact) mass is 472 g/mol. The van der Waals surface area contributed by atoms with Gasteiger partial charge in [-0.15, -0.1) is 0 Å². The standard InChI is InChI=1S/C22H25ClN6O4/c1-28-17-7-6-15(10-14(17)11-18(21(28)31)33-13-19(30)27-32-2)25-20-16(23)12-24-22(26-20)29-8-4-3-5-9-29/h6-7,10-12H,3-5,8-9,13H2,1-2H3,(H,27,30)(H,24,25,26). The highest BCUT2D eigenvalue weighted by molar-refractivity contribution is 6.32. The lowest BCUT2D eigenvalue weighted by Crippen LogP contribution is -2.31. The minimum Gasteiger partial charge on any atom is -0.478 e. The summed E-state index contributed by atoms with van der Waals surface area (Å²) in [6.45, 7) is 1.51. The van der Waals surface area contributed by atoms with Gasteiger partial charge in [0.05, 0.1) is 18.8 Å². The van der Waals surface area contributed by atoms with Crippen LogP contribution in [0.5, 0.6) is 5.75 Å². The van der Waals surface area contributed by atoms with Gasteiger partial charge in [-0.1, -0.05) is 11.6 Å². The van der Waals surface area contributed by atoms with Crippen LogP contribution in [0, 0.1) is 0 Å². The van der Waals surface area contributed by atoms with Crippen LogP contribution in [-0.4, -0.2) is 47.2 Å². The van der Waals surface area contributed by atoms with Gasteiger partial charge in [-0.3, -0.25) is 14.4 Å². The fraction of sp³-hybridized carbons (Fsp3) is 0.364. The first-order chi connectivity index (χ1) is 16.0. The molecule has 4 rings (SSSR count). The molecule has 11 heteroatoms.